The van der Waals surface area contributed by atoms with E-state index in [9.17, 15) is 4.79 Å². The van der Waals surface area contributed by atoms with Crippen molar-refractivity contribution >= 4 is 44.9 Å². The molecular weight excluding hydrogens is 464 g/mol. The molecule has 0 bridgehead atoms. The number of aromatic nitrogens is 1. The Labute approximate surface area is 198 Å². The molecule has 0 aliphatic carbocycles. The average Bonchev–Trinajstić information content (AvgIpc) is 2.78. The first-order chi connectivity index (χ1) is 15.4. The van der Waals surface area contributed by atoms with Crippen LogP contribution in [0.2, 0.25) is 0 Å². The lowest BCUT2D eigenvalue weighted by Gasteiger charge is -2.37. The highest BCUT2D eigenvalue weighted by Gasteiger charge is 2.23. The third-order valence-corrected chi connectivity index (χ3v) is 6.63. The third-order valence-electron chi connectivity index (χ3n) is 6.14. The number of pyridine rings is 1. The molecule has 1 aliphatic heterocycles. The van der Waals surface area contributed by atoms with Gasteiger partial charge in [0.1, 0.15) is 0 Å². The van der Waals surface area contributed by atoms with Crippen molar-refractivity contribution in [1.82, 2.24) is 20.1 Å². The maximum absolute atomic E-state index is 13.3. The summed E-state index contributed by atoms with van der Waals surface area (Å²) in [5.41, 5.74) is 4.56. The molecule has 5 nitrogen and oxygen atoms in total. The summed E-state index contributed by atoms with van der Waals surface area (Å²) < 4.78 is 0.928. The number of halogens is 1. The number of likely N-dealkylation sites (N-methyl/N-ethyl adjacent to an activating group) is 2. The predicted octanol–water partition coefficient (Wildman–Crippen LogP) is 4.45. The highest BCUT2D eigenvalue weighted by Crippen LogP contribution is 2.24. The lowest BCUT2D eigenvalue weighted by Crippen LogP contribution is -2.54. The summed E-state index contributed by atoms with van der Waals surface area (Å²) in [7, 11) is 4.25. The summed E-state index contributed by atoms with van der Waals surface area (Å²) in [6, 6.07) is 16.3. The van der Waals surface area contributed by atoms with Crippen LogP contribution in [0.15, 0.2) is 53.0 Å². The summed E-state index contributed by atoms with van der Waals surface area (Å²) in [4.78, 5) is 22.7. The van der Waals surface area contributed by atoms with Crippen molar-refractivity contribution in [2.45, 2.75) is 13.0 Å². The maximum atomic E-state index is 13.3. The number of benzene rings is 2. The van der Waals surface area contributed by atoms with E-state index >= 15 is 0 Å². The molecule has 0 spiro atoms. The topological polar surface area (TPSA) is 48.5 Å². The molecule has 1 unspecified atom stereocenters. The second kappa shape index (κ2) is 9.94. The van der Waals surface area contributed by atoms with E-state index in [0.717, 1.165) is 46.3 Å². The fourth-order valence-electron chi connectivity index (χ4n) is 4.07. The van der Waals surface area contributed by atoms with E-state index in [4.69, 9.17) is 4.98 Å². The summed E-state index contributed by atoms with van der Waals surface area (Å²) in [5, 5.41) is 4.01. The van der Waals surface area contributed by atoms with Crippen LogP contribution in [0, 0.1) is 6.92 Å². The summed E-state index contributed by atoms with van der Waals surface area (Å²) in [6.45, 7) is 5.72. The van der Waals surface area contributed by atoms with Gasteiger partial charge >= 0.3 is 0 Å². The second-order valence-corrected chi connectivity index (χ2v) is 9.47. The standard InChI is InChI=1S/C26H29BrN4O/c1-18-6-4-5-7-19(18)8-10-21-15-24(23-14-20(27)9-11-25(23)29-21)26(32)28-16-22-17-30(2)12-13-31(22)3/h4-11,14-15,22H,12-13,16-17H2,1-3H3,(H,28,32)/b10-8+. The summed E-state index contributed by atoms with van der Waals surface area (Å²) in [5.74, 6) is -0.0670. The Balaban J connectivity index is 1.62. The Morgan fingerprint density at radius 2 is 1.97 bits per heavy atom. The first-order valence-corrected chi connectivity index (χ1v) is 11.7. The van der Waals surface area contributed by atoms with E-state index in [1.165, 1.54) is 5.56 Å². The number of nitrogens with zero attached hydrogens (tertiary/aromatic N) is 3. The first-order valence-electron chi connectivity index (χ1n) is 10.9. The predicted molar refractivity (Wildman–Crippen MR) is 136 cm³/mol. The molecule has 0 radical (unpaired) electrons. The van der Waals surface area contributed by atoms with E-state index in [2.05, 4.69) is 70.3 Å². The van der Waals surface area contributed by atoms with Gasteiger partial charge in [0.2, 0.25) is 0 Å². The van der Waals surface area contributed by atoms with Crippen molar-refractivity contribution in [3.05, 3.63) is 75.4 Å². The van der Waals surface area contributed by atoms with Gasteiger partial charge < -0.3 is 10.2 Å². The average molecular weight is 493 g/mol. The van der Waals surface area contributed by atoms with E-state index in [1.54, 1.807) is 0 Å². The van der Waals surface area contributed by atoms with Crippen LogP contribution in [0.25, 0.3) is 23.1 Å². The number of aryl methyl sites for hydroxylation is 1. The number of rotatable bonds is 5. The summed E-state index contributed by atoms with van der Waals surface area (Å²) in [6.07, 6.45) is 4.03. The zero-order valence-corrected chi connectivity index (χ0v) is 20.4. The molecule has 3 aromatic rings. The molecule has 0 saturated carbocycles. The van der Waals surface area contributed by atoms with E-state index in [-0.39, 0.29) is 5.91 Å². The zero-order valence-electron chi connectivity index (χ0n) is 18.8. The van der Waals surface area contributed by atoms with Gasteiger partial charge in [0, 0.05) is 42.1 Å². The minimum absolute atomic E-state index is 0.0670. The van der Waals surface area contributed by atoms with E-state index in [1.807, 2.05) is 42.5 Å². The lowest BCUT2D eigenvalue weighted by atomic mass is 10.0. The van der Waals surface area contributed by atoms with Crippen LogP contribution in [-0.2, 0) is 0 Å². The molecule has 4 rings (SSSR count). The Hall–Kier alpha value is -2.54. The van der Waals surface area contributed by atoms with Crippen LogP contribution in [0.3, 0.4) is 0 Å². The number of fused-ring (bicyclic) bond motifs is 1. The smallest absolute Gasteiger partial charge is 0.252 e. The van der Waals surface area contributed by atoms with Crippen LogP contribution in [0.1, 0.15) is 27.2 Å². The van der Waals surface area contributed by atoms with Crippen molar-refractivity contribution < 1.29 is 4.79 Å². The molecule has 1 fully saturated rings. The summed E-state index contributed by atoms with van der Waals surface area (Å²) >= 11 is 3.53. The van der Waals surface area contributed by atoms with Crippen molar-refractivity contribution in [2.75, 3.05) is 40.3 Å². The molecule has 1 aromatic heterocycles. The molecule has 2 aromatic carbocycles. The fraction of sp³-hybridized carbons (Fsp3) is 0.308. The molecular formula is C26H29BrN4O. The molecule has 1 N–H and O–H groups in total. The van der Waals surface area contributed by atoms with Crippen LogP contribution >= 0.6 is 15.9 Å². The van der Waals surface area contributed by atoms with Crippen LogP contribution in [0.4, 0.5) is 0 Å². The quantitative estimate of drug-likeness (QED) is 0.571. The van der Waals surface area contributed by atoms with Crippen LogP contribution in [-0.4, -0.2) is 67.0 Å². The third kappa shape index (κ3) is 5.26. The minimum atomic E-state index is -0.0670. The highest BCUT2D eigenvalue weighted by atomic mass is 79.9. The van der Waals surface area contributed by atoms with Crippen molar-refractivity contribution in [3.8, 4) is 0 Å². The van der Waals surface area contributed by atoms with Crippen molar-refractivity contribution in [2.24, 2.45) is 0 Å². The highest BCUT2D eigenvalue weighted by molar-refractivity contribution is 9.10. The monoisotopic (exact) mass is 492 g/mol. The number of hydrogen-bond donors (Lipinski definition) is 1. The van der Waals surface area contributed by atoms with Crippen molar-refractivity contribution in [3.63, 3.8) is 0 Å². The number of carbonyl (C=O) groups excluding carboxylic acids is 1. The molecule has 2 heterocycles. The molecule has 166 valence electrons. The molecule has 1 amide bonds. The van der Waals surface area contributed by atoms with Gasteiger partial charge in [-0.15, -0.1) is 0 Å². The maximum Gasteiger partial charge on any atom is 0.252 e. The van der Waals surface area contributed by atoms with Crippen LogP contribution in [0.5, 0.6) is 0 Å². The number of piperazine rings is 1. The normalized spacial score (nSPS) is 17.8. The first kappa shape index (κ1) is 22.6. The number of carbonyl (C=O) groups is 1. The SMILES string of the molecule is Cc1ccccc1/C=C/c1cc(C(=O)NCC2CN(C)CCN2C)c2cc(Br)ccc2n1. The van der Waals surface area contributed by atoms with Gasteiger partial charge in [-0.3, -0.25) is 9.69 Å². The molecule has 1 aliphatic rings. The van der Waals surface area contributed by atoms with Gasteiger partial charge in [-0.05, 0) is 62.5 Å². The molecule has 1 saturated heterocycles. The van der Waals surface area contributed by atoms with Gasteiger partial charge in [0.25, 0.3) is 5.91 Å². The Bertz CT molecular complexity index is 1160. The largest absolute Gasteiger partial charge is 0.350 e. The Morgan fingerprint density at radius 3 is 2.78 bits per heavy atom. The fourth-order valence-corrected chi connectivity index (χ4v) is 4.43. The number of nitrogens with one attached hydrogen (secondary N) is 1. The van der Waals surface area contributed by atoms with E-state index < -0.39 is 0 Å². The number of hydrogen-bond acceptors (Lipinski definition) is 4. The van der Waals surface area contributed by atoms with Crippen LogP contribution < -0.4 is 5.32 Å². The second-order valence-electron chi connectivity index (χ2n) is 8.55. The van der Waals surface area contributed by atoms with Gasteiger partial charge in [-0.25, -0.2) is 4.98 Å². The van der Waals surface area contributed by atoms with Crippen molar-refractivity contribution in [1.29, 1.82) is 0 Å². The van der Waals surface area contributed by atoms with Gasteiger partial charge in [0.05, 0.1) is 16.8 Å². The lowest BCUT2D eigenvalue weighted by molar-refractivity contribution is 0.0882. The van der Waals surface area contributed by atoms with Gasteiger partial charge in [0.15, 0.2) is 0 Å². The molecule has 32 heavy (non-hydrogen) atoms. The Morgan fingerprint density at radius 1 is 1.16 bits per heavy atom. The zero-order chi connectivity index (χ0) is 22.7. The number of amides is 1. The molecule has 1 atom stereocenters. The van der Waals surface area contributed by atoms with Gasteiger partial charge in [-0.2, -0.15) is 0 Å². The molecule has 6 heteroatoms. The van der Waals surface area contributed by atoms with E-state index in [0.29, 0.717) is 18.2 Å². The minimum Gasteiger partial charge on any atom is -0.350 e. The Kier molecular flexibility index (Phi) is 7.04. The van der Waals surface area contributed by atoms with Gasteiger partial charge in [-0.1, -0.05) is 46.3 Å².